The van der Waals surface area contributed by atoms with E-state index in [0.717, 1.165) is 57.1 Å². The van der Waals surface area contributed by atoms with Gasteiger partial charge in [0.2, 0.25) is 11.9 Å². The molecule has 6 rings (SSSR count). The highest BCUT2D eigenvalue weighted by atomic mass is 16.5. The van der Waals surface area contributed by atoms with Crippen LogP contribution in [0.3, 0.4) is 0 Å². The first-order valence-corrected chi connectivity index (χ1v) is 15.7. The second kappa shape index (κ2) is 13.7. The number of amides is 2. The Morgan fingerprint density at radius 2 is 1.27 bits per heavy atom. The number of piperazine rings is 1. The van der Waals surface area contributed by atoms with Gasteiger partial charge in [-0.2, -0.15) is 15.0 Å². The van der Waals surface area contributed by atoms with Gasteiger partial charge in [-0.15, -0.1) is 0 Å². The molecule has 3 aliphatic heterocycles. The largest absolute Gasteiger partial charge is 0.377 e. The van der Waals surface area contributed by atoms with Crippen LogP contribution in [0.1, 0.15) is 20.8 Å². The van der Waals surface area contributed by atoms with Gasteiger partial charge < -0.3 is 39.7 Å². The molecular formula is C32H43N9O3. The molecule has 3 fully saturated rings. The molecule has 0 aliphatic carbocycles. The topological polar surface area (TPSA) is 111 Å². The molecule has 2 amide bonds. The fourth-order valence-corrected chi connectivity index (χ4v) is 5.86. The number of likely N-dealkylation sites (N-methyl/N-ethyl adjacent to an activating group) is 1. The lowest BCUT2D eigenvalue weighted by molar-refractivity contribution is 0.0969. The average Bonchev–Trinajstić information content (AvgIpc) is 3.06. The van der Waals surface area contributed by atoms with Crippen LogP contribution in [0.15, 0.2) is 48.5 Å². The van der Waals surface area contributed by atoms with Crippen LogP contribution in [0.4, 0.5) is 33.8 Å². The van der Waals surface area contributed by atoms with Gasteiger partial charge in [-0.25, -0.2) is 4.79 Å². The Kier molecular flexibility index (Phi) is 9.39. The summed E-state index contributed by atoms with van der Waals surface area (Å²) in [6.45, 7) is 15.7. The van der Waals surface area contributed by atoms with Crippen LogP contribution in [0.5, 0.6) is 0 Å². The Labute approximate surface area is 259 Å². The lowest BCUT2D eigenvalue weighted by Crippen LogP contribution is -2.46. The van der Waals surface area contributed by atoms with Crippen molar-refractivity contribution in [1.82, 2.24) is 19.9 Å². The van der Waals surface area contributed by atoms with Gasteiger partial charge >= 0.3 is 6.03 Å². The van der Waals surface area contributed by atoms with E-state index >= 15 is 0 Å². The van der Waals surface area contributed by atoms with E-state index in [1.165, 1.54) is 5.69 Å². The van der Waals surface area contributed by atoms with E-state index < -0.39 is 0 Å². The number of aromatic nitrogens is 3. The molecule has 2 atom stereocenters. The Morgan fingerprint density at radius 1 is 0.750 bits per heavy atom. The first-order chi connectivity index (χ1) is 21.5. The molecule has 0 bridgehead atoms. The standard InChI is InChI=1S/C32H43N9O3/c1-4-38-13-15-39(16-14-38)28-11-9-27(10-12-28)34-32(42)33-26-7-5-25(6-8-26)29-35-30(40-17-19-43-21-23(40)2)37-31(36-29)41-18-20-44-22-24(41)3/h5-12,23-24H,4,13-22H2,1-3H3,(H2,33,34,42). The SMILES string of the molecule is CCN1CCN(c2ccc(NC(=O)Nc3ccc(-c4nc(N5CCOCC5C)nc(N5CCOCC5C)n4)cc3)cc2)CC1. The first kappa shape index (κ1) is 30.0. The maximum Gasteiger partial charge on any atom is 0.323 e. The summed E-state index contributed by atoms with van der Waals surface area (Å²) < 4.78 is 11.3. The number of ether oxygens (including phenoxy) is 2. The van der Waals surface area contributed by atoms with Crippen LogP contribution < -0.4 is 25.3 Å². The maximum atomic E-state index is 12.8. The molecule has 234 valence electrons. The van der Waals surface area contributed by atoms with Crippen LogP contribution in [-0.4, -0.2) is 110 Å². The molecule has 3 aromatic rings. The van der Waals surface area contributed by atoms with Crippen molar-refractivity contribution in [1.29, 1.82) is 0 Å². The van der Waals surface area contributed by atoms with E-state index in [-0.39, 0.29) is 18.1 Å². The first-order valence-electron chi connectivity index (χ1n) is 15.7. The summed E-state index contributed by atoms with van der Waals surface area (Å²) in [5.74, 6) is 1.89. The lowest BCUT2D eigenvalue weighted by atomic mass is 10.2. The normalized spacial score (nSPS) is 21.3. The zero-order chi connectivity index (χ0) is 30.5. The molecule has 12 heteroatoms. The number of hydrogen-bond donors (Lipinski definition) is 2. The Morgan fingerprint density at radius 3 is 1.77 bits per heavy atom. The number of anilines is 5. The summed E-state index contributed by atoms with van der Waals surface area (Å²) in [6.07, 6.45) is 0. The molecule has 2 unspecified atom stereocenters. The van der Waals surface area contributed by atoms with Gasteiger partial charge in [0.05, 0.1) is 38.5 Å². The fourth-order valence-electron chi connectivity index (χ4n) is 5.86. The molecule has 3 saturated heterocycles. The van der Waals surface area contributed by atoms with Gasteiger partial charge in [-0.05, 0) is 68.9 Å². The van der Waals surface area contributed by atoms with Crippen molar-refractivity contribution in [3.8, 4) is 11.4 Å². The average molecular weight is 602 g/mol. The van der Waals surface area contributed by atoms with Gasteiger partial charge in [0.1, 0.15) is 0 Å². The van der Waals surface area contributed by atoms with Crippen molar-refractivity contribution in [2.24, 2.45) is 0 Å². The highest BCUT2D eigenvalue weighted by Gasteiger charge is 2.27. The molecule has 0 radical (unpaired) electrons. The highest BCUT2D eigenvalue weighted by Crippen LogP contribution is 2.26. The van der Waals surface area contributed by atoms with Crippen LogP contribution >= 0.6 is 0 Å². The Balaban J connectivity index is 1.13. The third kappa shape index (κ3) is 7.03. The summed E-state index contributed by atoms with van der Waals surface area (Å²) in [4.78, 5) is 36.6. The summed E-state index contributed by atoms with van der Waals surface area (Å²) in [5, 5.41) is 5.87. The zero-order valence-corrected chi connectivity index (χ0v) is 25.9. The van der Waals surface area contributed by atoms with Crippen molar-refractivity contribution in [2.45, 2.75) is 32.9 Å². The predicted molar refractivity (Wildman–Crippen MR) is 174 cm³/mol. The third-order valence-corrected chi connectivity index (χ3v) is 8.57. The number of benzene rings is 2. The van der Waals surface area contributed by atoms with E-state index in [9.17, 15) is 4.79 Å². The van der Waals surface area contributed by atoms with Gasteiger partial charge in [-0.3, -0.25) is 0 Å². The molecule has 12 nitrogen and oxygen atoms in total. The smallest absolute Gasteiger partial charge is 0.323 e. The lowest BCUT2D eigenvalue weighted by Gasteiger charge is -2.36. The molecule has 1 aromatic heterocycles. The molecule has 4 heterocycles. The second-order valence-electron chi connectivity index (χ2n) is 11.6. The van der Waals surface area contributed by atoms with Gasteiger partial charge in [0, 0.05) is 61.9 Å². The van der Waals surface area contributed by atoms with Gasteiger partial charge in [0.25, 0.3) is 0 Å². The second-order valence-corrected chi connectivity index (χ2v) is 11.6. The molecule has 2 aromatic carbocycles. The van der Waals surface area contributed by atoms with E-state index in [1.54, 1.807) is 0 Å². The number of morpholine rings is 2. The zero-order valence-electron chi connectivity index (χ0n) is 25.9. The summed E-state index contributed by atoms with van der Waals surface area (Å²) >= 11 is 0. The minimum Gasteiger partial charge on any atom is -0.377 e. The quantitative estimate of drug-likeness (QED) is 0.415. The van der Waals surface area contributed by atoms with Crippen molar-refractivity contribution in [3.05, 3.63) is 48.5 Å². The van der Waals surface area contributed by atoms with E-state index in [0.29, 0.717) is 49.8 Å². The van der Waals surface area contributed by atoms with Crippen molar-refractivity contribution in [3.63, 3.8) is 0 Å². The molecule has 0 saturated carbocycles. The summed E-state index contributed by atoms with van der Waals surface area (Å²) in [7, 11) is 0. The molecular weight excluding hydrogens is 558 g/mol. The molecule has 3 aliphatic rings. The predicted octanol–water partition coefficient (Wildman–Crippen LogP) is 3.77. The minimum absolute atomic E-state index is 0.159. The van der Waals surface area contributed by atoms with E-state index in [4.69, 9.17) is 24.4 Å². The number of carbonyl (C=O) groups is 1. The highest BCUT2D eigenvalue weighted by molar-refractivity contribution is 5.99. The number of urea groups is 1. The van der Waals surface area contributed by atoms with Crippen molar-refractivity contribution < 1.29 is 14.3 Å². The van der Waals surface area contributed by atoms with Crippen LogP contribution in [0, 0.1) is 0 Å². The fraction of sp³-hybridized carbons (Fsp3) is 0.500. The monoisotopic (exact) mass is 601 g/mol. The van der Waals surface area contributed by atoms with Crippen LogP contribution in [0.2, 0.25) is 0 Å². The van der Waals surface area contributed by atoms with E-state index in [2.05, 4.69) is 63.1 Å². The van der Waals surface area contributed by atoms with Gasteiger partial charge in [0.15, 0.2) is 5.82 Å². The number of nitrogens with zero attached hydrogens (tertiary/aromatic N) is 7. The number of rotatable bonds is 7. The summed E-state index contributed by atoms with van der Waals surface area (Å²) in [5.41, 5.74) is 3.45. The van der Waals surface area contributed by atoms with Crippen molar-refractivity contribution >= 4 is 35.0 Å². The van der Waals surface area contributed by atoms with Crippen LogP contribution in [0.25, 0.3) is 11.4 Å². The Bertz CT molecular complexity index is 1360. The number of hydrogen-bond acceptors (Lipinski definition) is 10. The number of carbonyl (C=O) groups excluding carboxylic acids is 1. The third-order valence-electron chi connectivity index (χ3n) is 8.57. The molecule has 2 N–H and O–H groups in total. The minimum atomic E-state index is -0.297. The Hall–Kier alpha value is -4.00. The maximum absolute atomic E-state index is 12.8. The van der Waals surface area contributed by atoms with Crippen LogP contribution in [-0.2, 0) is 9.47 Å². The molecule has 0 spiro atoms. The van der Waals surface area contributed by atoms with E-state index in [1.807, 2.05) is 36.4 Å². The molecule has 44 heavy (non-hydrogen) atoms. The summed E-state index contributed by atoms with van der Waals surface area (Å²) in [6, 6.07) is 15.6. The van der Waals surface area contributed by atoms with Crippen molar-refractivity contribution in [2.75, 3.05) is 97.6 Å². The van der Waals surface area contributed by atoms with Gasteiger partial charge in [-0.1, -0.05) is 6.92 Å². The number of nitrogens with one attached hydrogen (secondary N) is 2.